The second kappa shape index (κ2) is 21.5. The molecule has 0 unspecified atom stereocenters. The van der Waals surface area contributed by atoms with Gasteiger partial charge in [0.25, 0.3) is 11.8 Å². The van der Waals surface area contributed by atoms with Crippen LogP contribution in [0.2, 0.25) is 0 Å². The predicted molar refractivity (Wildman–Crippen MR) is 252 cm³/mol. The van der Waals surface area contributed by atoms with E-state index in [2.05, 4.69) is 20.1 Å². The molecule has 1 aliphatic heterocycles. The van der Waals surface area contributed by atoms with Gasteiger partial charge in [-0.25, -0.2) is 0 Å². The average molecular weight is 938 g/mol. The van der Waals surface area contributed by atoms with Gasteiger partial charge >= 0.3 is 0 Å². The average Bonchev–Trinajstić information content (AvgIpc) is 4.05. The van der Waals surface area contributed by atoms with Crippen LogP contribution in [0.1, 0.15) is 87.2 Å². The number of fused-ring (bicyclic) bond motifs is 2. The maximum atomic E-state index is 14.3. The number of rotatable bonds is 20. The van der Waals surface area contributed by atoms with Crippen molar-refractivity contribution < 1.29 is 38.1 Å². The van der Waals surface area contributed by atoms with Gasteiger partial charge in [-0.05, 0) is 90.4 Å². The third kappa shape index (κ3) is 10.4. The van der Waals surface area contributed by atoms with Crippen LogP contribution in [0.5, 0.6) is 5.75 Å². The summed E-state index contributed by atoms with van der Waals surface area (Å²) in [6.07, 6.45) is -0.774. The van der Waals surface area contributed by atoms with Crippen molar-refractivity contribution in [2.24, 2.45) is 35.5 Å². The van der Waals surface area contributed by atoms with Crippen molar-refractivity contribution in [2.45, 2.75) is 86.4 Å². The number of hydrogen-bond donors (Lipinski definition) is 2. The number of benzene rings is 2. The zero-order valence-corrected chi connectivity index (χ0v) is 40.2. The lowest BCUT2D eigenvalue weighted by Gasteiger charge is -2.28. The molecule has 1 aliphatic rings. The van der Waals surface area contributed by atoms with Crippen molar-refractivity contribution in [3.63, 3.8) is 0 Å². The van der Waals surface area contributed by atoms with E-state index in [9.17, 15) is 19.2 Å². The minimum atomic E-state index is -0.742. The monoisotopic (exact) mass is 937 g/mol. The Morgan fingerprint density at radius 3 is 1.78 bits per heavy atom. The fourth-order valence-corrected chi connectivity index (χ4v) is 8.81. The molecular formula is C47H63N13O8. The first-order valence-electron chi connectivity index (χ1n) is 23.1. The molecule has 364 valence electrons. The summed E-state index contributed by atoms with van der Waals surface area (Å²) < 4.78 is 35.7. The fraction of sp³-hybridized carbons (Fsp3) is 0.489. The molecule has 0 spiro atoms. The highest BCUT2D eigenvalue weighted by molar-refractivity contribution is 5.99. The van der Waals surface area contributed by atoms with E-state index in [4.69, 9.17) is 35.4 Å². The molecule has 6 aromatic rings. The lowest BCUT2D eigenvalue weighted by molar-refractivity contribution is -0.0801. The lowest BCUT2D eigenvalue weighted by atomic mass is 10.1. The Labute approximate surface area is 393 Å². The molecule has 21 heteroatoms. The molecule has 0 saturated carbocycles. The van der Waals surface area contributed by atoms with Gasteiger partial charge in [0, 0.05) is 71.2 Å². The molecule has 2 atom stereocenters. The van der Waals surface area contributed by atoms with Gasteiger partial charge in [-0.15, -0.1) is 0 Å². The molecular weight excluding hydrogens is 875 g/mol. The van der Waals surface area contributed by atoms with Crippen LogP contribution < -0.4 is 27.4 Å². The largest absolute Gasteiger partial charge is 0.491 e. The quantitative estimate of drug-likeness (QED) is 0.106. The Bertz CT molecular complexity index is 2980. The molecule has 5 heterocycles. The van der Waals surface area contributed by atoms with Crippen molar-refractivity contribution in [2.75, 3.05) is 52.7 Å². The first-order chi connectivity index (χ1) is 32.7. The van der Waals surface area contributed by atoms with Crippen LogP contribution in [-0.4, -0.2) is 131 Å². The number of carbonyl (C=O) groups is 4. The summed E-state index contributed by atoms with van der Waals surface area (Å²) in [7, 11) is 3.53. The number of imidazole rings is 2. The molecule has 21 nitrogen and oxygen atoms in total. The number of ether oxygens (including phenoxy) is 4. The van der Waals surface area contributed by atoms with E-state index < -0.39 is 35.8 Å². The first-order valence-corrected chi connectivity index (χ1v) is 23.1. The third-order valence-electron chi connectivity index (χ3n) is 12.1. The molecule has 68 heavy (non-hydrogen) atoms. The van der Waals surface area contributed by atoms with E-state index in [1.165, 1.54) is 0 Å². The van der Waals surface area contributed by atoms with E-state index in [-0.39, 0.29) is 48.7 Å². The number of primary amides is 2. The summed E-state index contributed by atoms with van der Waals surface area (Å²) in [4.78, 5) is 65.3. The topological polar surface area (TPSA) is 241 Å². The lowest BCUT2D eigenvalue weighted by Crippen LogP contribution is -2.43. The zero-order chi connectivity index (χ0) is 48.8. The number of nitrogens with two attached hydrogens (primary N) is 2. The maximum absolute atomic E-state index is 14.3. The van der Waals surface area contributed by atoms with E-state index in [1.807, 2.05) is 50.7 Å². The molecule has 4 aromatic heterocycles. The van der Waals surface area contributed by atoms with Gasteiger partial charge in [0.2, 0.25) is 23.1 Å². The van der Waals surface area contributed by atoms with Crippen LogP contribution in [0.15, 0.2) is 52.4 Å². The van der Waals surface area contributed by atoms with Crippen molar-refractivity contribution in [3.05, 3.63) is 87.6 Å². The van der Waals surface area contributed by atoms with Gasteiger partial charge in [-0.3, -0.25) is 33.4 Å². The van der Waals surface area contributed by atoms with Gasteiger partial charge in [-0.2, -0.15) is 20.2 Å². The molecule has 4 amide bonds. The summed E-state index contributed by atoms with van der Waals surface area (Å²) >= 11 is 0. The standard InChI is InChI=1S/C47H63N13O8/c1-9-59-36(22-29(5)52-59)44(63)50-46-54(7)34-24-31(42(48)61)14-15-33(34)57(46)27-39(66-11-3)40(67-12-4)28-58-41-35(55(8)47(58)51-45(64)37-23-30(6)53-60(37)10-2)25-32(43(49)62)26-38(41)68-19-13-16-56-17-20-65-21-18-56/h14-15,22-26,39-40H,9-13,16-21,27-28H2,1-8H3,(H2,48,61)(H2,49,62)/b50-46+,51-47+/t39-,40-/m1/s1. The third-order valence-corrected chi connectivity index (χ3v) is 12.1. The Morgan fingerprint density at radius 1 is 0.706 bits per heavy atom. The summed E-state index contributed by atoms with van der Waals surface area (Å²) in [5.74, 6) is -1.92. The van der Waals surface area contributed by atoms with Crippen LogP contribution in [0.3, 0.4) is 0 Å². The minimum Gasteiger partial charge on any atom is -0.491 e. The van der Waals surface area contributed by atoms with E-state index in [0.29, 0.717) is 89.9 Å². The van der Waals surface area contributed by atoms with E-state index in [0.717, 1.165) is 19.6 Å². The van der Waals surface area contributed by atoms with Crippen LogP contribution in [0, 0.1) is 13.8 Å². The van der Waals surface area contributed by atoms with Crippen molar-refractivity contribution >= 4 is 45.7 Å². The van der Waals surface area contributed by atoms with Gasteiger partial charge in [-0.1, -0.05) is 0 Å². The smallest absolute Gasteiger partial charge is 0.298 e. The number of morpholine rings is 1. The number of hydrogen-bond acceptors (Lipinski definition) is 11. The number of aromatic nitrogens is 8. The van der Waals surface area contributed by atoms with Crippen molar-refractivity contribution in [3.8, 4) is 5.75 Å². The Morgan fingerprint density at radius 2 is 1.24 bits per heavy atom. The van der Waals surface area contributed by atoms with Crippen LogP contribution >= 0.6 is 0 Å². The van der Waals surface area contributed by atoms with Crippen LogP contribution in [-0.2, 0) is 54.5 Å². The zero-order valence-electron chi connectivity index (χ0n) is 40.2. The SMILES string of the molecule is CCO[C@H](Cn1/c(=N/C(=O)c2cc(C)nn2CC)n(C)c2cc(C(N)=O)ccc21)[C@@H](Cn1/c(=N/C(=O)c2cc(C)nn2CC)n(C)c2cc(C(N)=O)cc(OCCCN3CCOCC3)c21)OCC. The van der Waals surface area contributed by atoms with Crippen molar-refractivity contribution in [1.29, 1.82) is 0 Å². The second-order valence-corrected chi connectivity index (χ2v) is 16.7. The number of amides is 4. The minimum absolute atomic E-state index is 0.0750. The highest BCUT2D eigenvalue weighted by Crippen LogP contribution is 2.29. The molecule has 0 aliphatic carbocycles. The number of nitrogens with zero attached hydrogens (tertiary/aromatic N) is 11. The maximum Gasteiger partial charge on any atom is 0.298 e. The molecule has 4 N–H and O–H groups in total. The van der Waals surface area contributed by atoms with Crippen LogP contribution in [0.4, 0.5) is 0 Å². The van der Waals surface area contributed by atoms with Gasteiger partial charge in [0.05, 0.1) is 60.8 Å². The highest BCUT2D eigenvalue weighted by atomic mass is 16.5. The van der Waals surface area contributed by atoms with Gasteiger partial charge in [0.1, 0.15) is 34.9 Å². The Balaban J connectivity index is 1.39. The first kappa shape index (κ1) is 49.2. The molecule has 0 radical (unpaired) electrons. The number of aryl methyl sites for hydroxylation is 6. The van der Waals surface area contributed by atoms with Gasteiger partial charge in [0.15, 0.2) is 0 Å². The van der Waals surface area contributed by atoms with Crippen LogP contribution in [0.25, 0.3) is 22.1 Å². The summed E-state index contributed by atoms with van der Waals surface area (Å²) in [5, 5.41) is 8.95. The molecule has 0 bridgehead atoms. The summed E-state index contributed by atoms with van der Waals surface area (Å²) in [5.41, 5.74) is 17.0. The van der Waals surface area contributed by atoms with E-state index in [1.54, 1.807) is 75.1 Å². The molecule has 2 aromatic carbocycles. The number of carbonyl (C=O) groups excluding carboxylic acids is 4. The highest BCUT2D eigenvalue weighted by Gasteiger charge is 2.30. The Hall–Kier alpha value is -6.68. The summed E-state index contributed by atoms with van der Waals surface area (Å²) in [6, 6.07) is 11.7. The molecule has 1 fully saturated rings. The Kier molecular flexibility index (Phi) is 15.6. The normalized spacial score (nSPS) is 14.9. The summed E-state index contributed by atoms with van der Waals surface area (Å²) in [6.45, 7) is 17.0. The fourth-order valence-electron chi connectivity index (χ4n) is 8.81. The van der Waals surface area contributed by atoms with Crippen molar-refractivity contribution in [1.82, 2.24) is 42.7 Å². The van der Waals surface area contributed by atoms with Gasteiger partial charge < -0.3 is 48.7 Å². The van der Waals surface area contributed by atoms with E-state index >= 15 is 0 Å². The molecule has 1 saturated heterocycles. The second-order valence-electron chi connectivity index (χ2n) is 16.7. The predicted octanol–water partition coefficient (Wildman–Crippen LogP) is 2.61. The molecule has 7 rings (SSSR count).